The molecule has 0 bridgehead atoms. The minimum Gasteiger partial charge on any atom is -0.399 e. The lowest BCUT2D eigenvalue weighted by Gasteiger charge is -2.36. The number of aryl methyl sites for hydroxylation is 2. The van der Waals surface area contributed by atoms with Gasteiger partial charge in [-0.2, -0.15) is 0 Å². The molecular formula is C21H28N4O. The number of rotatable bonds is 5. The van der Waals surface area contributed by atoms with Crippen molar-refractivity contribution in [3.63, 3.8) is 0 Å². The molecule has 2 aromatic rings. The highest BCUT2D eigenvalue weighted by atomic mass is 16.1. The molecule has 0 aromatic heterocycles. The van der Waals surface area contributed by atoms with Crippen molar-refractivity contribution < 1.29 is 4.79 Å². The fourth-order valence-electron chi connectivity index (χ4n) is 3.30. The standard InChI is InChI=1S/C21H28N4O/c1-16-4-3-5-19(14-16)25-12-10-24(11-13-25)9-8-21(26)23-20-15-18(22)7-6-17(20)2/h3-7,14-15H,8-13,22H2,1-2H3,(H,23,26). The molecule has 1 amide bonds. The van der Waals surface area contributed by atoms with Crippen molar-refractivity contribution in [1.29, 1.82) is 0 Å². The van der Waals surface area contributed by atoms with E-state index in [-0.39, 0.29) is 5.91 Å². The highest BCUT2D eigenvalue weighted by Crippen LogP contribution is 2.19. The summed E-state index contributed by atoms with van der Waals surface area (Å²) >= 11 is 0. The van der Waals surface area contributed by atoms with Crippen LogP contribution in [-0.2, 0) is 4.79 Å². The summed E-state index contributed by atoms with van der Waals surface area (Å²) in [6, 6.07) is 14.2. The van der Waals surface area contributed by atoms with Crippen molar-refractivity contribution in [3.05, 3.63) is 53.6 Å². The third-order valence-electron chi connectivity index (χ3n) is 4.93. The van der Waals surface area contributed by atoms with E-state index in [2.05, 4.69) is 46.3 Å². The lowest BCUT2D eigenvalue weighted by atomic mass is 10.1. The van der Waals surface area contributed by atoms with Crippen molar-refractivity contribution in [2.75, 3.05) is 48.7 Å². The van der Waals surface area contributed by atoms with E-state index in [1.165, 1.54) is 11.3 Å². The summed E-state index contributed by atoms with van der Waals surface area (Å²) in [5.74, 6) is 0.0415. The first kappa shape index (κ1) is 18.3. The highest BCUT2D eigenvalue weighted by molar-refractivity contribution is 5.92. The zero-order valence-corrected chi connectivity index (χ0v) is 15.7. The van der Waals surface area contributed by atoms with Crippen LogP contribution in [-0.4, -0.2) is 43.5 Å². The smallest absolute Gasteiger partial charge is 0.225 e. The van der Waals surface area contributed by atoms with E-state index in [9.17, 15) is 4.79 Å². The summed E-state index contributed by atoms with van der Waals surface area (Å²) in [6.45, 7) is 8.85. The molecule has 0 saturated carbocycles. The Bertz CT molecular complexity index is 766. The molecule has 5 nitrogen and oxygen atoms in total. The number of nitrogen functional groups attached to an aromatic ring is 1. The number of hydrogen-bond acceptors (Lipinski definition) is 4. The zero-order valence-electron chi connectivity index (χ0n) is 15.7. The SMILES string of the molecule is Cc1cccc(N2CCN(CCC(=O)Nc3cc(N)ccc3C)CC2)c1. The number of amides is 1. The molecule has 1 heterocycles. The van der Waals surface area contributed by atoms with Crippen LogP contribution in [0.5, 0.6) is 0 Å². The summed E-state index contributed by atoms with van der Waals surface area (Å²) in [6.07, 6.45) is 0.499. The first-order valence-electron chi connectivity index (χ1n) is 9.21. The average molecular weight is 352 g/mol. The quantitative estimate of drug-likeness (QED) is 0.812. The van der Waals surface area contributed by atoms with Gasteiger partial charge in [0.15, 0.2) is 0 Å². The summed E-state index contributed by atoms with van der Waals surface area (Å²) in [5, 5.41) is 2.98. The van der Waals surface area contributed by atoms with Crippen LogP contribution in [0.3, 0.4) is 0 Å². The Kier molecular flexibility index (Phi) is 5.78. The minimum atomic E-state index is 0.0415. The Morgan fingerprint density at radius 1 is 1.08 bits per heavy atom. The number of anilines is 3. The minimum absolute atomic E-state index is 0.0415. The Balaban J connectivity index is 1.45. The van der Waals surface area contributed by atoms with E-state index in [4.69, 9.17) is 5.73 Å². The molecule has 1 aliphatic heterocycles. The number of carbonyl (C=O) groups is 1. The molecule has 0 unspecified atom stereocenters. The third-order valence-corrected chi connectivity index (χ3v) is 4.93. The maximum atomic E-state index is 12.3. The molecule has 5 heteroatoms. The molecule has 2 aromatic carbocycles. The summed E-state index contributed by atoms with van der Waals surface area (Å²) < 4.78 is 0. The average Bonchev–Trinajstić information content (AvgIpc) is 2.63. The number of benzene rings is 2. The van der Waals surface area contributed by atoms with Gasteiger partial charge in [0.1, 0.15) is 0 Å². The van der Waals surface area contributed by atoms with E-state index < -0.39 is 0 Å². The van der Waals surface area contributed by atoms with Crippen LogP contribution in [0, 0.1) is 13.8 Å². The molecule has 3 N–H and O–H groups in total. The van der Waals surface area contributed by atoms with Gasteiger partial charge in [0, 0.05) is 56.2 Å². The molecule has 1 saturated heterocycles. The number of nitrogens with zero attached hydrogens (tertiary/aromatic N) is 2. The van der Waals surface area contributed by atoms with Gasteiger partial charge in [0.05, 0.1) is 0 Å². The summed E-state index contributed by atoms with van der Waals surface area (Å²) in [7, 11) is 0. The van der Waals surface area contributed by atoms with Crippen molar-refractivity contribution in [2.45, 2.75) is 20.3 Å². The number of hydrogen-bond donors (Lipinski definition) is 2. The molecule has 0 radical (unpaired) electrons. The van der Waals surface area contributed by atoms with E-state index in [1.54, 1.807) is 0 Å². The van der Waals surface area contributed by atoms with E-state index in [0.717, 1.165) is 44.0 Å². The number of nitrogens with two attached hydrogens (primary N) is 1. The molecule has 1 fully saturated rings. The molecule has 26 heavy (non-hydrogen) atoms. The van der Waals surface area contributed by atoms with Gasteiger partial charge in [-0.1, -0.05) is 18.2 Å². The largest absolute Gasteiger partial charge is 0.399 e. The predicted octanol–water partition coefficient (Wildman–Crippen LogP) is 3.04. The van der Waals surface area contributed by atoms with Gasteiger partial charge in [-0.25, -0.2) is 0 Å². The third kappa shape index (κ3) is 4.76. The Hall–Kier alpha value is -2.53. The van der Waals surface area contributed by atoms with Gasteiger partial charge in [-0.15, -0.1) is 0 Å². The molecule has 0 atom stereocenters. The monoisotopic (exact) mass is 352 g/mol. The van der Waals surface area contributed by atoms with Crippen molar-refractivity contribution in [1.82, 2.24) is 4.90 Å². The lowest BCUT2D eigenvalue weighted by molar-refractivity contribution is -0.116. The van der Waals surface area contributed by atoms with E-state index in [1.807, 2.05) is 25.1 Å². The fraction of sp³-hybridized carbons (Fsp3) is 0.381. The Labute approximate surface area is 155 Å². The molecule has 0 aliphatic carbocycles. The normalized spacial score (nSPS) is 15.1. The van der Waals surface area contributed by atoms with Crippen LogP contribution in [0.15, 0.2) is 42.5 Å². The molecule has 3 rings (SSSR count). The second kappa shape index (κ2) is 8.23. The lowest BCUT2D eigenvalue weighted by Crippen LogP contribution is -2.47. The first-order chi connectivity index (χ1) is 12.5. The molecule has 0 spiro atoms. The van der Waals surface area contributed by atoms with Gasteiger partial charge >= 0.3 is 0 Å². The maximum Gasteiger partial charge on any atom is 0.225 e. The van der Waals surface area contributed by atoms with Crippen LogP contribution in [0.2, 0.25) is 0 Å². The first-order valence-corrected chi connectivity index (χ1v) is 9.21. The second-order valence-corrected chi connectivity index (χ2v) is 7.04. The van der Waals surface area contributed by atoms with Gasteiger partial charge in [-0.3, -0.25) is 9.69 Å². The Morgan fingerprint density at radius 3 is 2.58 bits per heavy atom. The van der Waals surface area contributed by atoms with Crippen molar-refractivity contribution in [2.24, 2.45) is 0 Å². The topological polar surface area (TPSA) is 61.6 Å². The fourth-order valence-corrected chi connectivity index (χ4v) is 3.30. The van der Waals surface area contributed by atoms with Gasteiger partial charge < -0.3 is 16.0 Å². The van der Waals surface area contributed by atoms with Crippen molar-refractivity contribution >= 4 is 23.0 Å². The van der Waals surface area contributed by atoms with Crippen LogP contribution in [0.1, 0.15) is 17.5 Å². The maximum absolute atomic E-state index is 12.3. The molecule has 1 aliphatic rings. The molecule has 138 valence electrons. The zero-order chi connectivity index (χ0) is 18.5. The van der Waals surface area contributed by atoms with Crippen LogP contribution in [0.4, 0.5) is 17.1 Å². The summed E-state index contributed by atoms with van der Waals surface area (Å²) in [4.78, 5) is 17.0. The van der Waals surface area contributed by atoms with Crippen LogP contribution >= 0.6 is 0 Å². The molecular weight excluding hydrogens is 324 g/mol. The van der Waals surface area contributed by atoms with Gasteiger partial charge in [0.2, 0.25) is 5.91 Å². The Morgan fingerprint density at radius 2 is 1.85 bits per heavy atom. The highest BCUT2D eigenvalue weighted by Gasteiger charge is 2.18. The number of carbonyl (C=O) groups excluding carboxylic acids is 1. The number of piperazine rings is 1. The van der Waals surface area contributed by atoms with Crippen molar-refractivity contribution in [3.8, 4) is 0 Å². The van der Waals surface area contributed by atoms with Gasteiger partial charge in [-0.05, 0) is 49.2 Å². The van der Waals surface area contributed by atoms with Crippen LogP contribution < -0.4 is 16.0 Å². The second-order valence-electron chi connectivity index (χ2n) is 7.04. The van der Waals surface area contributed by atoms with Gasteiger partial charge in [0.25, 0.3) is 0 Å². The summed E-state index contributed by atoms with van der Waals surface area (Å²) in [5.41, 5.74) is 10.9. The predicted molar refractivity (Wildman–Crippen MR) is 109 cm³/mol. The number of nitrogens with one attached hydrogen (secondary N) is 1. The van der Waals surface area contributed by atoms with Crippen LogP contribution in [0.25, 0.3) is 0 Å². The van der Waals surface area contributed by atoms with E-state index in [0.29, 0.717) is 12.1 Å². The van der Waals surface area contributed by atoms with E-state index >= 15 is 0 Å².